The van der Waals surface area contributed by atoms with Crippen LogP contribution in [0.1, 0.15) is 45.1 Å². The molecule has 6 heteroatoms. The van der Waals surface area contributed by atoms with Gasteiger partial charge in [0, 0.05) is 33.7 Å². The van der Waals surface area contributed by atoms with Crippen LogP contribution in [-0.2, 0) is 11.3 Å². The van der Waals surface area contributed by atoms with Gasteiger partial charge in [0.2, 0.25) is 0 Å². The Morgan fingerprint density at radius 1 is 1.25 bits per heavy atom. The average Bonchev–Trinajstić information content (AvgIpc) is 2.69. The SMILES string of the molecule is CN=C(NCc1cccc(OCC(=O)N(C)C)c1)NC1CCC(C(C)C)CC1. The van der Waals surface area contributed by atoms with Crippen molar-refractivity contribution in [1.82, 2.24) is 15.5 Å². The summed E-state index contributed by atoms with van der Waals surface area (Å²) < 4.78 is 5.59. The van der Waals surface area contributed by atoms with Gasteiger partial charge in [-0.05, 0) is 55.2 Å². The maximum absolute atomic E-state index is 11.7. The Hall–Kier alpha value is -2.24. The Balaban J connectivity index is 1.80. The number of rotatable bonds is 7. The molecule has 0 saturated heterocycles. The van der Waals surface area contributed by atoms with Crippen molar-refractivity contribution >= 4 is 11.9 Å². The van der Waals surface area contributed by atoms with E-state index >= 15 is 0 Å². The topological polar surface area (TPSA) is 66.0 Å². The minimum Gasteiger partial charge on any atom is -0.484 e. The van der Waals surface area contributed by atoms with E-state index in [0.29, 0.717) is 18.3 Å². The van der Waals surface area contributed by atoms with Crippen molar-refractivity contribution in [3.05, 3.63) is 29.8 Å². The van der Waals surface area contributed by atoms with Gasteiger partial charge in [0.1, 0.15) is 5.75 Å². The minimum absolute atomic E-state index is 0.0478. The van der Waals surface area contributed by atoms with Crippen molar-refractivity contribution in [2.24, 2.45) is 16.8 Å². The lowest BCUT2D eigenvalue weighted by molar-refractivity contribution is -0.130. The monoisotopic (exact) mass is 388 g/mol. The molecule has 1 aliphatic carbocycles. The molecule has 0 spiro atoms. The summed E-state index contributed by atoms with van der Waals surface area (Å²) in [5.74, 6) is 3.11. The second-order valence-corrected chi connectivity index (χ2v) is 8.15. The first-order chi connectivity index (χ1) is 13.4. The van der Waals surface area contributed by atoms with Crippen LogP contribution in [0.3, 0.4) is 0 Å². The van der Waals surface area contributed by atoms with Gasteiger partial charge < -0.3 is 20.3 Å². The first kappa shape index (κ1) is 22.1. The highest BCUT2D eigenvalue weighted by Gasteiger charge is 2.23. The Kier molecular flexibility index (Phi) is 8.61. The maximum atomic E-state index is 11.7. The lowest BCUT2D eigenvalue weighted by Gasteiger charge is -2.32. The van der Waals surface area contributed by atoms with Crippen molar-refractivity contribution < 1.29 is 9.53 Å². The summed E-state index contributed by atoms with van der Waals surface area (Å²) in [7, 11) is 5.25. The molecule has 0 unspecified atom stereocenters. The van der Waals surface area contributed by atoms with E-state index in [4.69, 9.17) is 4.74 Å². The third-order valence-corrected chi connectivity index (χ3v) is 5.50. The molecule has 6 nitrogen and oxygen atoms in total. The van der Waals surface area contributed by atoms with Crippen LogP contribution in [0.2, 0.25) is 0 Å². The number of amides is 1. The first-order valence-corrected chi connectivity index (χ1v) is 10.3. The van der Waals surface area contributed by atoms with E-state index in [1.165, 1.54) is 30.6 Å². The van der Waals surface area contributed by atoms with Crippen LogP contribution in [-0.4, -0.2) is 50.6 Å². The van der Waals surface area contributed by atoms with E-state index in [1.54, 1.807) is 14.1 Å². The Morgan fingerprint density at radius 2 is 1.96 bits per heavy atom. The van der Waals surface area contributed by atoms with Crippen molar-refractivity contribution in [1.29, 1.82) is 0 Å². The molecular weight excluding hydrogens is 352 g/mol. The summed E-state index contributed by atoms with van der Waals surface area (Å²) in [4.78, 5) is 17.6. The van der Waals surface area contributed by atoms with Crippen LogP contribution >= 0.6 is 0 Å². The summed E-state index contributed by atoms with van der Waals surface area (Å²) in [6.07, 6.45) is 4.98. The largest absolute Gasteiger partial charge is 0.484 e. The summed E-state index contributed by atoms with van der Waals surface area (Å²) in [6, 6.07) is 8.29. The number of guanidine groups is 1. The Morgan fingerprint density at radius 3 is 2.57 bits per heavy atom. The highest BCUT2D eigenvalue weighted by atomic mass is 16.5. The second-order valence-electron chi connectivity index (χ2n) is 8.15. The number of hydrogen-bond acceptors (Lipinski definition) is 3. The molecular formula is C22H36N4O2. The molecule has 2 N–H and O–H groups in total. The van der Waals surface area contributed by atoms with Crippen LogP contribution in [0.4, 0.5) is 0 Å². The van der Waals surface area contributed by atoms with Crippen molar-refractivity contribution in [3.63, 3.8) is 0 Å². The van der Waals surface area contributed by atoms with Crippen LogP contribution in [0.5, 0.6) is 5.75 Å². The molecule has 2 rings (SSSR count). The highest BCUT2D eigenvalue weighted by molar-refractivity contribution is 5.80. The fourth-order valence-corrected chi connectivity index (χ4v) is 3.52. The number of carbonyl (C=O) groups is 1. The van der Waals surface area contributed by atoms with E-state index < -0.39 is 0 Å². The zero-order chi connectivity index (χ0) is 20.5. The molecule has 28 heavy (non-hydrogen) atoms. The first-order valence-electron chi connectivity index (χ1n) is 10.3. The summed E-state index contributed by atoms with van der Waals surface area (Å²) >= 11 is 0. The number of aliphatic imine (C=N–C) groups is 1. The number of benzene rings is 1. The second kappa shape index (κ2) is 10.9. The van der Waals surface area contributed by atoms with Crippen LogP contribution < -0.4 is 15.4 Å². The maximum Gasteiger partial charge on any atom is 0.259 e. The van der Waals surface area contributed by atoms with Gasteiger partial charge in [-0.15, -0.1) is 0 Å². The molecule has 0 radical (unpaired) electrons. The van der Waals surface area contributed by atoms with Gasteiger partial charge >= 0.3 is 0 Å². The molecule has 1 aliphatic rings. The van der Waals surface area contributed by atoms with E-state index in [0.717, 1.165) is 23.4 Å². The van der Waals surface area contributed by atoms with Gasteiger partial charge in [-0.1, -0.05) is 26.0 Å². The van der Waals surface area contributed by atoms with Crippen LogP contribution in [0.25, 0.3) is 0 Å². The number of carbonyl (C=O) groups excluding carboxylic acids is 1. The average molecular weight is 389 g/mol. The number of nitrogens with one attached hydrogen (secondary N) is 2. The van der Waals surface area contributed by atoms with E-state index in [2.05, 4.69) is 29.5 Å². The van der Waals surface area contributed by atoms with Crippen molar-refractivity contribution in [3.8, 4) is 5.75 Å². The number of ether oxygens (including phenoxy) is 1. The third-order valence-electron chi connectivity index (χ3n) is 5.50. The highest BCUT2D eigenvalue weighted by Crippen LogP contribution is 2.29. The lowest BCUT2D eigenvalue weighted by Crippen LogP contribution is -2.44. The fraction of sp³-hybridized carbons (Fsp3) is 0.636. The molecule has 0 atom stereocenters. The smallest absolute Gasteiger partial charge is 0.259 e. The summed E-state index contributed by atoms with van der Waals surface area (Å²) in [6.45, 7) is 5.35. The molecule has 0 heterocycles. The van der Waals surface area contributed by atoms with Crippen molar-refractivity contribution in [2.45, 2.75) is 52.1 Å². The molecule has 156 valence electrons. The zero-order valence-corrected chi connectivity index (χ0v) is 18.0. The predicted octanol–water partition coefficient (Wildman–Crippen LogP) is 3.03. The molecule has 0 aliphatic heterocycles. The number of hydrogen-bond donors (Lipinski definition) is 2. The lowest BCUT2D eigenvalue weighted by atomic mass is 9.80. The van der Waals surface area contributed by atoms with Crippen LogP contribution in [0.15, 0.2) is 29.3 Å². The zero-order valence-electron chi connectivity index (χ0n) is 18.0. The van der Waals surface area contributed by atoms with E-state index in [-0.39, 0.29) is 12.5 Å². The normalized spacial score (nSPS) is 20.0. The minimum atomic E-state index is -0.0553. The standard InChI is InChI=1S/C22H36N4O2/c1-16(2)18-9-11-19(12-10-18)25-22(23-3)24-14-17-7-6-8-20(13-17)28-15-21(27)26(4)5/h6-8,13,16,18-19H,9-12,14-15H2,1-5H3,(H2,23,24,25). The molecule has 1 saturated carbocycles. The molecule has 1 aromatic carbocycles. The van der Waals surface area contributed by atoms with Gasteiger partial charge in [-0.25, -0.2) is 0 Å². The Bertz CT molecular complexity index is 650. The van der Waals surface area contributed by atoms with Gasteiger partial charge in [0.25, 0.3) is 5.91 Å². The van der Waals surface area contributed by atoms with Crippen molar-refractivity contribution in [2.75, 3.05) is 27.7 Å². The third kappa shape index (κ3) is 7.06. The molecule has 0 bridgehead atoms. The van der Waals surface area contributed by atoms with Gasteiger partial charge in [0.05, 0.1) is 0 Å². The quantitative estimate of drug-likeness (QED) is 0.557. The van der Waals surface area contributed by atoms with Crippen LogP contribution in [0, 0.1) is 11.8 Å². The van der Waals surface area contributed by atoms with Gasteiger partial charge in [0.15, 0.2) is 12.6 Å². The molecule has 1 aromatic rings. The summed E-state index contributed by atoms with van der Waals surface area (Å²) in [5.41, 5.74) is 1.08. The van der Waals surface area contributed by atoms with Gasteiger partial charge in [-0.2, -0.15) is 0 Å². The van der Waals surface area contributed by atoms with Gasteiger partial charge in [-0.3, -0.25) is 9.79 Å². The predicted molar refractivity (Wildman–Crippen MR) is 115 cm³/mol. The summed E-state index contributed by atoms with van der Waals surface area (Å²) in [5, 5.41) is 6.95. The number of likely N-dealkylation sites (N-methyl/N-ethyl adjacent to an activating group) is 1. The number of nitrogens with zero attached hydrogens (tertiary/aromatic N) is 2. The molecule has 0 aromatic heterocycles. The molecule has 1 fully saturated rings. The fourth-order valence-electron chi connectivity index (χ4n) is 3.52. The molecule has 1 amide bonds. The Labute approximate surface area is 169 Å². The van der Waals surface area contributed by atoms with E-state index in [9.17, 15) is 4.79 Å². The van der Waals surface area contributed by atoms with E-state index in [1.807, 2.05) is 31.3 Å².